The van der Waals surface area contributed by atoms with Gasteiger partial charge < -0.3 is 5.73 Å². The molecule has 0 radical (unpaired) electrons. The van der Waals surface area contributed by atoms with Crippen LogP contribution in [0.25, 0.3) is 0 Å². The van der Waals surface area contributed by atoms with Gasteiger partial charge in [0.2, 0.25) is 0 Å². The van der Waals surface area contributed by atoms with Crippen LogP contribution in [0.15, 0.2) is 35.7 Å². The highest BCUT2D eigenvalue weighted by Crippen LogP contribution is 2.22. The van der Waals surface area contributed by atoms with E-state index in [1.807, 2.05) is 17.5 Å². The van der Waals surface area contributed by atoms with E-state index >= 15 is 0 Å². The number of nitrogens with two attached hydrogens (primary N) is 1. The molecule has 0 fully saturated rings. The summed E-state index contributed by atoms with van der Waals surface area (Å²) in [4.78, 5) is 1.11. The lowest BCUT2D eigenvalue weighted by atomic mass is 10.1. The van der Waals surface area contributed by atoms with Crippen LogP contribution in [0.2, 0.25) is 5.02 Å². The molecule has 0 bridgehead atoms. The van der Waals surface area contributed by atoms with Gasteiger partial charge >= 0.3 is 0 Å². The Morgan fingerprint density at radius 1 is 1.38 bits per heavy atom. The monoisotopic (exact) mass is 255 g/mol. The first-order chi connectivity index (χ1) is 7.66. The van der Waals surface area contributed by atoms with Crippen LogP contribution in [0.4, 0.5) is 4.39 Å². The van der Waals surface area contributed by atoms with E-state index in [2.05, 4.69) is 0 Å². The molecule has 0 spiro atoms. The second kappa shape index (κ2) is 4.95. The number of rotatable bonds is 3. The SMILES string of the molecule is NC(Cc1ccc(Cl)c(F)c1)c1cccs1. The van der Waals surface area contributed by atoms with Crippen LogP contribution in [0, 0.1) is 5.82 Å². The van der Waals surface area contributed by atoms with E-state index in [0.717, 1.165) is 10.4 Å². The summed E-state index contributed by atoms with van der Waals surface area (Å²) in [5, 5.41) is 2.13. The predicted octanol–water partition coefficient (Wildman–Crippen LogP) is 3.78. The van der Waals surface area contributed by atoms with Crippen molar-refractivity contribution in [2.24, 2.45) is 5.73 Å². The molecule has 0 amide bonds. The van der Waals surface area contributed by atoms with Gasteiger partial charge in [-0.15, -0.1) is 11.3 Å². The van der Waals surface area contributed by atoms with Gasteiger partial charge in [-0.25, -0.2) is 4.39 Å². The molecule has 0 saturated heterocycles. The third-order valence-electron chi connectivity index (χ3n) is 2.35. The Morgan fingerprint density at radius 2 is 2.19 bits per heavy atom. The molecule has 2 N–H and O–H groups in total. The maximum atomic E-state index is 13.2. The Hall–Kier alpha value is -0.900. The second-order valence-electron chi connectivity index (χ2n) is 3.57. The quantitative estimate of drug-likeness (QED) is 0.887. The zero-order valence-electron chi connectivity index (χ0n) is 8.49. The predicted molar refractivity (Wildman–Crippen MR) is 66.4 cm³/mol. The van der Waals surface area contributed by atoms with Gasteiger partial charge in [0.25, 0.3) is 0 Å². The lowest BCUT2D eigenvalue weighted by molar-refractivity contribution is 0.623. The lowest BCUT2D eigenvalue weighted by Gasteiger charge is -2.09. The minimum absolute atomic E-state index is 0.0828. The van der Waals surface area contributed by atoms with E-state index in [1.165, 1.54) is 6.07 Å². The van der Waals surface area contributed by atoms with Crippen LogP contribution in [0.5, 0.6) is 0 Å². The van der Waals surface area contributed by atoms with E-state index in [9.17, 15) is 4.39 Å². The molecule has 0 aliphatic carbocycles. The van der Waals surface area contributed by atoms with Crippen LogP contribution in [-0.2, 0) is 6.42 Å². The summed E-state index contributed by atoms with van der Waals surface area (Å²) >= 11 is 7.23. The fraction of sp³-hybridized carbons (Fsp3) is 0.167. The Bertz CT molecular complexity index is 470. The normalized spacial score (nSPS) is 12.7. The van der Waals surface area contributed by atoms with Gasteiger partial charge in [-0.1, -0.05) is 23.7 Å². The highest BCUT2D eigenvalue weighted by molar-refractivity contribution is 7.10. The van der Waals surface area contributed by atoms with Crippen molar-refractivity contribution >= 4 is 22.9 Å². The summed E-state index contributed by atoms with van der Waals surface area (Å²) in [5.74, 6) is -0.391. The van der Waals surface area contributed by atoms with Crippen molar-refractivity contribution in [3.8, 4) is 0 Å². The average molecular weight is 256 g/mol. The van der Waals surface area contributed by atoms with Crippen molar-refractivity contribution in [1.29, 1.82) is 0 Å². The van der Waals surface area contributed by atoms with Gasteiger partial charge in [0.1, 0.15) is 5.82 Å². The van der Waals surface area contributed by atoms with Crippen LogP contribution >= 0.6 is 22.9 Å². The lowest BCUT2D eigenvalue weighted by Crippen LogP contribution is -2.11. The molecule has 1 atom stereocenters. The van der Waals surface area contributed by atoms with Gasteiger partial charge in [0, 0.05) is 10.9 Å². The number of benzene rings is 1. The zero-order chi connectivity index (χ0) is 11.5. The first kappa shape index (κ1) is 11.6. The summed E-state index contributed by atoms with van der Waals surface area (Å²) in [6, 6.07) is 8.67. The van der Waals surface area contributed by atoms with Gasteiger partial charge in [0.05, 0.1) is 5.02 Å². The molecule has 1 aromatic heterocycles. The molecule has 1 aromatic carbocycles. The fourth-order valence-corrected chi connectivity index (χ4v) is 2.37. The fourth-order valence-electron chi connectivity index (χ4n) is 1.52. The van der Waals surface area contributed by atoms with Gasteiger partial charge in [-0.05, 0) is 35.6 Å². The van der Waals surface area contributed by atoms with Crippen molar-refractivity contribution in [2.45, 2.75) is 12.5 Å². The Morgan fingerprint density at radius 3 is 2.81 bits per heavy atom. The number of hydrogen-bond acceptors (Lipinski definition) is 2. The first-order valence-corrected chi connectivity index (χ1v) is 6.15. The van der Waals surface area contributed by atoms with Crippen molar-refractivity contribution < 1.29 is 4.39 Å². The second-order valence-corrected chi connectivity index (χ2v) is 4.96. The van der Waals surface area contributed by atoms with E-state index in [1.54, 1.807) is 23.5 Å². The van der Waals surface area contributed by atoms with Crippen molar-refractivity contribution in [2.75, 3.05) is 0 Å². The topological polar surface area (TPSA) is 26.0 Å². The van der Waals surface area contributed by atoms with Crippen LogP contribution in [0.3, 0.4) is 0 Å². The van der Waals surface area contributed by atoms with E-state index in [-0.39, 0.29) is 11.1 Å². The summed E-state index contributed by atoms with van der Waals surface area (Å²) in [7, 11) is 0. The largest absolute Gasteiger partial charge is 0.323 e. The first-order valence-electron chi connectivity index (χ1n) is 4.89. The van der Waals surface area contributed by atoms with Gasteiger partial charge in [-0.3, -0.25) is 0 Å². The number of hydrogen-bond donors (Lipinski definition) is 1. The van der Waals surface area contributed by atoms with Gasteiger partial charge in [0.15, 0.2) is 0 Å². The Kier molecular flexibility index (Phi) is 3.59. The number of halogens is 2. The van der Waals surface area contributed by atoms with Crippen LogP contribution in [0.1, 0.15) is 16.5 Å². The molecule has 0 saturated carbocycles. The highest BCUT2D eigenvalue weighted by atomic mass is 35.5. The third-order valence-corrected chi connectivity index (χ3v) is 3.66. The standard InChI is InChI=1S/C12H11ClFNS/c13-9-4-3-8(6-10(9)14)7-11(15)12-2-1-5-16-12/h1-6,11H,7,15H2. The maximum Gasteiger partial charge on any atom is 0.142 e. The molecule has 0 aliphatic heterocycles. The summed E-state index contributed by atoms with van der Waals surface area (Å²) < 4.78 is 13.2. The van der Waals surface area contributed by atoms with E-state index < -0.39 is 5.82 Å². The summed E-state index contributed by atoms with van der Waals surface area (Å²) in [6.45, 7) is 0. The van der Waals surface area contributed by atoms with E-state index in [4.69, 9.17) is 17.3 Å². The molecular formula is C12H11ClFNS. The molecular weight excluding hydrogens is 245 g/mol. The summed E-state index contributed by atoms with van der Waals surface area (Å²) in [5.41, 5.74) is 6.88. The average Bonchev–Trinajstić information content (AvgIpc) is 2.77. The minimum atomic E-state index is -0.391. The minimum Gasteiger partial charge on any atom is -0.323 e. The smallest absolute Gasteiger partial charge is 0.142 e. The van der Waals surface area contributed by atoms with Crippen molar-refractivity contribution in [1.82, 2.24) is 0 Å². The summed E-state index contributed by atoms with van der Waals surface area (Å²) in [6.07, 6.45) is 0.620. The molecule has 1 unspecified atom stereocenters. The molecule has 16 heavy (non-hydrogen) atoms. The van der Waals surface area contributed by atoms with Crippen molar-refractivity contribution in [3.05, 3.63) is 57.0 Å². The van der Waals surface area contributed by atoms with Crippen LogP contribution in [-0.4, -0.2) is 0 Å². The zero-order valence-corrected chi connectivity index (χ0v) is 10.1. The van der Waals surface area contributed by atoms with Crippen molar-refractivity contribution in [3.63, 3.8) is 0 Å². The molecule has 4 heteroatoms. The van der Waals surface area contributed by atoms with Gasteiger partial charge in [-0.2, -0.15) is 0 Å². The Balaban J connectivity index is 2.12. The molecule has 84 valence electrons. The molecule has 1 heterocycles. The number of thiophene rings is 1. The molecule has 2 rings (SSSR count). The third kappa shape index (κ3) is 2.61. The molecule has 2 aromatic rings. The molecule has 0 aliphatic rings. The maximum absolute atomic E-state index is 13.2. The van der Waals surface area contributed by atoms with Crippen LogP contribution < -0.4 is 5.73 Å². The Labute approximate surface area is 103 Å². The van der Waals surface area contributed by atoms with E-state index in [0.29, 0.717) is 6.42 Å². The molecule has 1 nitrogen and oxygen atoms in total. The highest BCUT2D eigenvalue weighted by Gasteiger charge is 2.09.